The van der Waals surface area contributed by atoms with Gasteiger partial charge in [0.1, 0.15) is 5.82 Å². The van der Waals surface area contributed by atoms with Gasteiger partial charge in [0, 0.05) is 24.2 Å². The van der Waals surface area contributed by atoms with Crippen LogP contribution in [-0.2, 0) is 0 Å². The largest absolute Gasteiger partial charge is 0.478 e. The Morgan fingerprint density at radius 1 is 1.28 bits per heavy atom. The standard InChI is InChI=1S/C14H16FNO2/c15-12-4-3-10(7-11(12)13(17)18)16-8-14(9-16)5-1-2-6-14/h3-4,7H,1-2,5-6,8-9H2,(H,17,18). The molecule has 1 aliphatic heterocycles. The third-order valence-electron chi connectivity index (χ3n) is 4.26. The van der Waals surface area contributed by atoms with Crippen LogP contribution in [0.3, 0.4) is 0 Å². The summed E-state index contributed by atoms with van der Waals surface area (Å²) in [6.45, 7) is 1.97. The maximum absolute atomic E-state index is 13.3. The lowest BCUT2D eigenvalue weighted by Gasteiger charge is -2.49. The molecule has 3 rings (SSSR count). The van der Waals surface area contributed by atoms with Gasteiger partial charge in [0.15, 0.2) is 0 Å². The maximum Gasteiger partial charge on any atom is 0.338 e. The fourth-order valence-electron chi connectivity index (χ4n) is 3.26. The number of anilines is 1. The fourth-order valence-corrected chi connectivity index (χ4v) is 3.26. The Bertz CT molecular complexity index is 487. The smallest absolute Gasteiger partial charge is 0.338 e. The van der Waals surface area contributed by atoms with Crippen LogP contribution in [0, 0.1) is 11.2 Å². The van der Waals surface area contributed by atoms with Gasteiger partial charge in [-0.3, -0.25) is 0 Å². The van der Waals surface area contributed by atoms with Crippen LogP contribution >= 0.6 is 0 Å². The van der Waals surface area contributed by atoms with E-state index in [4.69, 9.17) is 5.11 Å². The highest BCUT2D eigenvalue weighted by Gasteiger charge is 2.44. The van der Waals surface area contributed by atoms with Crippen molar-refractivity contribution in [1.82, 2.24) is 0 Å². The number of nitrogens with zero attached hydrogens (tertiary/aromatic N) is 1. The van der Waals surface area contributed by atoms with Crippen LogP contribution in [0.15, 0.2) is 18.2 Å². The minimum absolute atomic E-state index is 0.236. The summed E-state index contributed by atoms with van der Waals surface area (Å²) in [6, 6.07) is 4.36. The average Bonchev–Trinajstić information content (AvgIpc) is 2.76. The monoisotopic (exact) mass is 249 g/mol. The number of hydrogen-bond acceptors (Lipinski definition) is 2. The molecule has 1 saturated heterocycles. The third kappa shape index (κ3) is 1.76. The van der Waals surface area contributed by atoms with Crippen LogP contribution in [0.4, 0.5) is 10.1 Å². The van der Waals surface area contributed by atoms with E-state index in [-0.39, 0.29) is 5.56 Å². The van der Waals surface area contributed by atoms with Gasteiger partial charge in [0.05, 0.1) is 5.56 Å². The Labute approximate surface area is 105 Å². The minimum atomic E-state index is -1.20. The van der Waals surface area contributed by atoms with Crippen LogP contribution in [0.1, 0.15) is 36.0 Å². The zero-order valence-electron chi connectivity index (χ0n) is 10.2. The highest BCUT2D eigenvalue weighted by molar-refractivity contribution is 5.89. The van der Waals surface area contributed by atoms with Crippen LogP contribution in [-0.4, -0.2) is 24.2 Å². The maximum atomic E-state index is 13.3. The van der Waals surface area contributed by atoms with Crippen LogP contribution < -0.4 is 4.90 Å². The van der Waals surface area contributed by atoms with Crippen molar-refractivity contribution in [2.45, 2.75) is 25.7 Å². The van der Waals surface area contributed by atoms with Gasteiger partial charge in [-0.2, -0.15) is 0 Å². The average molecular weight is 249 g/mol. The van der Waals surface area contributed by atoms with E-state index in [1.165, 1.54) is 37.8 Å². The minimum Gasteiger partial charge on any atom is -0.478 e. The van der Waals surface area contributed by atoms with E-state index in [2.05, 4.69) is 4.90 Å². The van der Waals surface area contributed by atoms with Crippen molar-refractivity contribution in [3.8, 4) is 0 Å². The summed E-state index contributed by atoms with van der Waals surface area (Å²) in [5.74, 6) is -1.87. The molecule has 1 saturated carbocycles. The van der Waals surface area contributed by atoms with Gasteiger partial charge < -0.3 is 10.0 Å². The third-order valence-corrected chi connectivity index (χ3v) is 4.26. The first-order chi connectivity index (χ1) is 8.60. The van der Waals surface area contributed by atoms with Crippen molar-refractivity contribution in [3.63, 3.8) is 0 Å². The van der Waals surface area contributed by atoms with E-state index in [1.54, 1.807) is 6.07 Å². The van der Waals surface area contributed by atoms with Gasteiger partial charge in [-0.25, -0.2) is 9.18 Å². The van der Waals surface area contributed by atoms with E-state index in [0.29, 0.717) is 5.41 Å². The summed E-state index contributed by atoms with van der Waals surface area (Å²) in [6.07, 6.45) is 5.15. The topological polar surface area (TPSA) is 40.5 Å². The molecule has 0 unspecified atom stereocenters. The van der Waals surface area contributed by atoms with Crippen molar-refractivity contribution in [3.05, 3.63) is 29.6 Å². The first-order valence-corrected chi connectivity index (χ1v) is 6.38. The van der Waals surface area contributed by atoms with Gasteiger partial charge in [-0.05, 0) is 31.0 Å². The number of carboxylic acids is 1. The summed E-state index contributed by atoms with van der Waals surface area (Å²) in [5.41, 5.74) is 1.05. The molecule has 0 aromatic heterocycles. The molecule has 96 valence electrons. The van der Waals surface area contributed by atoms with E-state index in [9.17, 15) is 9.18 Å². The first-order valence-electron chi connectivity index (χ1n) is 6.38. The molecule has 1 aliphatic carbocycles. The number of rotatable bonds is 2. The second kappa shape index (κ2) is 3.97. The molecule has 0 bridgehead atoms. The van der Waals surface area contributed by atoms with Gasteiger partial charge in [0.25, 0.3) is 0 Å². The predicted octanol–water partition coefficient (Wildman–Crippen LogP) is 2.90. The van der Waals surface area contributed by atoms with Crippen molar-refractivity contribution < 1.29 is 14.3 Å². The molecule has 1 heterocycles. The molecule has 3 nitrogen and oxygen atoms in total. The van der Waals surface area contributed by atoms with Crippen molar-refractivity contribution >= 4 is 11.7 Å². The molecule has 2 fully saturated rings. The number of benzene rings is 1. The van der Waals surface area contributed by atoms with Gasteiger partial charge >= 0.3 is 5.97 Å². The molecule has 1 spiro atoms. The zero-order valence-corrected chi connectivity index (χ0v) is 10.2. The van der Waals surface area contributed by atoms with E-state index in [0.717, 1.165) is 18.8 Å². The van der Waals surface area contributed by atoms with Crippen molar-refractivity contribution in [2.24, 2.45) is 5.41 Å². The Kier molecular flexibility index (Phi) is 2.54. The molecule has 2 aliphatic rings. The number of carbonyl (C=O) groups is 1. The molecule has 0 amide bonds. The van der Waals surface area contributed by atoms with Gasteiger partial charge in [0.2, 0.25) is 0 Å². The van der Waals surface area contributed by atoms with Crippen molar-refractivity contribution in [1.29, 1.82) is 0 Å². The Hall–Kier alpha value is -1.58. The van der Waals surface area contributed by atoms with Gasteiger partial charge in [-0.1, -0.05) is 12.8 Å². The highest BCUT2D eigenvalue weighted by atomic mass is 19.1. The number of carboxylic acid groups (broad SMARTS) is 1. The molecule has 4 heteroatoms. The predicted molar refractivity (Wildman–Crippen MR) is 66.5 cm³/mol. The van der Waals surface area contributed by atoms with E-state index < -0.39 is 11.8 Å². The number of hydrogen-bond donors (Lipinski definition) is 1. The number of halogens is 1. The molecular formula is C14H16FNO2. The molecule has 0 atom stereocenters. The summed E-state index contributed by atoms with van der Waals surface area (Å²) < 4.78 is 13.3. The SMILES string of the molecule is O=C(O)c1cc(N2CC3(CCCC3)C2)ccc1F. The van der Waals surface area contributed by atoms with Crippen LogP contribution in [0.2, 0.25) is 0 Å². The van der Waals surface area contributed by atoms with E-state index >= 15 is 0 Å². The summed E-state index contributed by atoms with van der Waals surface area (Å²) in [5, 5.41) is 8.91. The quantitative estimate of drug-likeness (QED) is 0.876. The van der Waals surface area contributed by atoms with Gasteiger partial charge in [-0.15, -0.1) is 0 Å². The fraction of sp³-hybridized carbons (Fsp3) is 0.500. The lowest BCUT2D eigenvalue weighted by Crippen LogP contribution is -2.55. The molecule has 18 heavy (non-hydrogen) atoms. The summed E-state index contributed by atoms with van der Waals surface area (Å²) in [4.78, 5) is 13.0. The second-order valence-electron chi connectivity index (χ2n) is 5.53. The molecule has 1 N–H and O–H groups in total. The molecular weight excluding hydrogens is 233 g/mol. The second-order valence-corrected chi connectivity index (χ2v) is 5.53. The summed E-state index contributed by atoms with van der Waals surface area (Å²) >= 11 is 0. The summed E-state index contributed by atoms with van der Waals surface area (Å²) in [7, 11) is 0. The molecule has 1 aromatic carbocycles. The lowest BCUT2D eigenvalue weighted by molar-refractivity contribution is 0.0692. The number of aromatic carboxylic acids is 1. The Balaban J connectivity index is 1.78. The van der Waals surface area contributed by atoms with Crippen LogP contribution in [0.25, 0.3) is 0 Å². The van der Waals surface area contributed by atoms with Crippen molar-refractivity contribution in [2.75, 3.05) is 18.0 Å². The normalized spacial score (nSPS) is 21.1. The Morgan fingerprint density at radius 2 is 1.94 bits per heavy atom. The Morgan fingerprint density at radius 3 is 2.56 bits per heavy atom. The first kappa shape index (κ1) is 11.5. The lowest BCUT2D eigenvalue weighted by atomic mass is 9.78. The molecule has 0 radical (unpaired) electrons. The highest BCUT2D eigenvalue weighted by Crippen LogP contribution is 2.46. The van der Waals surface area contributed by atoms with E-state index in [1.807, 2.05) is 0 Å². The molecule has 1 aromatic rings. The van der Waals surface area contributed by atoms with Crippen LogP contribution in [0.5, 0.6) is 0 Å². The zero-order chi connectivity index (χ0) is 12.8.